The predicted octanol–water partition coefficient (Wildman–Crippen LogP) is 3.85. The molecule has 3 aromatic rings. The summed E-state index contributed by atoms with van der Waals surface area (Å²) < 4.78 is 5.12. The van der Waals surface area contributed by atoms with Gasteiger partial charge in [-0.25, -0.2) is 0 Å². The SMILES string of the molecule is COc1ccc(Nc2ccc(C(=O)NCCc3ccccc3)nn2)cc1Cl. The van der Waals surface area contributed by atoms with Gasteiger partial charge in [-0.1, -0.05) is 41.9 Å². The fourth-order valence-electron chi connectivity index (χ4n) is 2.47. The normalized spacial score (nSPS) is 10.3. The number of amides is 1. The van der Waals surface area contributed by atoms with Crippen LogP contribution in [0.1, 0.15) is 16.1 Å². The van der Waals surface area contributed by atoms with E-state index in [1.54, 1.807) is 31.4 Å². The summed E-state index contributed by atoms with van der Waals surface area (Å²) >= 11 is 6.10. The van der Waals surface area contributed by atoms with Crippen molar-refractivity contribution in [1.29, 1.82) is 0 Å². The van der Waals surface area contributed by atoms with Crippen LogP contribution < -0.4 is 15.4 Å². The number of halogens is 1. The summed E-state index contributed by atoms with van der Waals surface area (Å²) in [6.07, 6.45) is 0.762. The highest BCUT2D eigenvalue weighted by Gasteiger charge is 2.08. The lowest BCUT2D eigenvalue weighted by Gasteiger charge is -2.08. The maximum Gasteiger partial charge on any atom is 0.271 e. The number of carbonyl (C=O) groups is 1. The van der Waals surface area contributed by atoms with E-state index in [-0.39, 0.29) is 11.6 Å². The Morgan fingerprint density at radius 1 is 1.07 bits per heavy atom. The standard InChI is InChI=1S/C20H19ClN4O2/c1-27-18-9-7-15(13-16(18)21)23-19-10-8-17(24-25-19)20(26)22-12-11-14-5-3-2-4-6-14/h2-10,13H,11-12H2,1H3,(H,22,26)(H,23,25). The van der Waals surface area contributed by atoms with Gasteiger partial charge in [0.1, 0.15) is 5.75 Å². The third-order valence-corrected chi connectivity index (χ3v) is 4.16. The summed E-state index contributed by atoms with van der Waals surface area (Å²) in [4.78, 5) is 12.2. The van der Waals surface area contributed by atoms with Crippen LogP contribution in [0.3, 0.4) is 0 Å². The predicted molar refractivity (Wildman–Crippen MR) is 106 cm³/mol. The van der Waals surface area contributed by atoms with E-state index in [1.807, 2.05) is 36.4 Å². The number of carbonyl (C=O) groups excluding carboxylic acids is 1. The van der Waals surface area contributed by atoms with Crippen molar-refractivity contribution in [3.8, 4) is 5.75 Å². The van der Waals surface area contributed by atoms with Crippen molar-refractivity contribution < 1.29 is 9.53 Å². The van der Waals surface area contributed by atoms with Crippen molar-refractivity contribution in [2.45, 2.75) is 6.42 Å². The van der Waals surface area contributed by atoms with E-state index >= 15 is 0 Å². The van der Waals surface area contributed by atoms with E-state index in [0.29, 0.717) is 23.1 Å². The highest BCUT2D eigenvalue weighted by Crippen LogP contribution is 2.28. The second kappa shape index (κ2) is 9.00. The van der Waals surface area contributed by atoms with Crippen molar-refractivity contribution in [1.82, 2.24) is 15.5 Å². The van der Waals surface area contributed by atoms with Crippen LogP contribution >= 0.6 is 11.6 Å². The molecule has 0 unspecified atom stereocenters. The number of nitrogens with zero attached hydrogens (tertiary/aromatic N) is 2. The minimum Gasteiger partial charge on any atom is -0.495 e. The fourth-order valence-corrected chi connectivity index (χ4v) is 2.73. The first kappa shape index (κ1) is 18.7. The lowest BCUT2D eigenvalue weighted by molar-refractivity contribution is 0.0948. The molecule has 0 saturated heterocycles. The van der Waals surface area contributed by atoms with Crippen molar-refractivity contribution in [3.63, 3.8) is 0 Å². The molecule has 0 atom stereocenters. The molecular formula is C20H19ClN4O2. The molecule has 27 heavy (non-hydrogen) atoms. The lowest BCUT2D eigenvalue weighted by Crippen LogP contribution is -2.26. The zero-order chi connectivity index (χ0) is 19.1. The zero-order valence-corrected chi connectivity index (χ0v) is 15.5. The fraction of sp³-hybridized carbons (Fsp3) is 0.150. The number of anilines is 2. The molecule has 0 aliphatic heterocycles. The summed E-state index contributed by atoms with van der Waals surface area (Å²) in [6.45, 7) is 0.537. The van der Waals surface area contributed by atoms with Gasteiger partial charge in [-0.2, -0.15) is 0 Å². The molecule has 1 heterocycles. The molecule has 2 N–H and O–H groups in total. The smallest absolute Gasteiger partial charge is 0.271 e. The summed E-state index contributed by atoms with van der Waals surface area (Å²) in [5, 5.41) is 14.4. The highest BCUT2D eigenvalue weighted by molar-refractivity contribution is 6.32. The Balaban J connectivity index is 1.54. The number of hydrogen-bond acceptors (Lipinski definition) is 5. The van der Waals surface area contributed by atoms with Gasteiger partial charge in [0.2, 0.25) is 0 Å². The van der Waals surface area contributed by atoms with Crippen LogP contribution in [0, 0.1) is 0 Å². The minimum absolute atomic E-state index is 0.252. The van der Waals surface area contributed by atoms with Crippen LogP contribution in [0.2, 0.25) is 5.02 Å². The molecule has 0 aliphatic rings. The summed E-state index contributed by atoms with van der Waals surface area (Å²) in [5.74, 6) is 0.852. The number of hydrogen-bond donors (Lipinski definition) is 2. The van der Waals surface area contributed by atoms with Crippen LogP contribution in [-0.4, -0.2) is 29.8 Å². The second-order valence-corrected chi connectivity index (χ2v) is 6.18. The van der Waals surface area contributed by atoms with E-state index in [2.05, 4.69) is 20.8 Å². The molecule has 1 aromatic heterocycles. The largest absolute Gasteiger partial charge is 0.495 e. The summed E-state index contributed by atoms with van der Waals surface area (Å²) in [6, 6.07) is 18.6. The molecule has 138 valence electrons. The number of benzene rings is 2. The Hall–Kier alpha value is -3.12. The van der Waals surface area contributed by atoms with Crippen molar-refractivity contribution in [2.24, 2.45) is 0 Å². The topological polar surface area (TPSA) is 76.1 Å². The zero-order valence-electron chi connectivity index (χ0n) is 14.8. The van der Waals surface area contributed by atoms with Gasteiger partial charge in [-0.15, -0.1) is 10.2 Å². The average Bonchev–Trinajstić information content (AvgIpc) is 2.69. The molecule has 0 fully saturated rings. The van der Waals surface area contributed by atoms with Gasteiger partial charge in [-0.05, 0) is 42.3 Å². The second-order valence-electron chi connectivity index (χ2n) is 5.77. The minimum atomic E-state index is -0.252. The van der Waals surface area contributed by atoms with Crippen molar-refractivity contribution in [2.75, 3.05) is 19.0 Å². The molecule has 0 spiro atoms. The third kappa shape index (κ3) is 5.18. The van der Waals surface area contributed by atoms with Gasteiger partial charge in [0.05, 0.1) is 12.1 Å². The monoisotopic (exact) mass is 382 g/mol. The molecule has 0 aliphatic carbocycles. The molecular weight excluding hydrogens is 364 g/mol. The maximum absolute atomic E-state index is 12.2. The van der Waals surface area contributed by atoms with Crippen LogP contribution in [-0.2, 0) is 6.42 Å². The van der Waals surface area contributed by atoms with Crippen LogP contribution in [0.15, 0.2) is 60.7 Å². The summed E-state index contributed by atoms with van der Waals surface area (Å²) in [7, 11) is 1.56. The molecule has 2 aromatic carbocycles. The first-order chi connectivity index (χ1) is 13.2. The summed E-state index contributed by atoms with van der Waals surface area (Å²) in [5.41, 5.74) is 2.18. The number of ether oxygens (including phenoxy) is 1. The molecule has 1 amide bonds. The van der Waals surface area contributed by atoms with Crippen LogP contribution in [0.4, 0.5) is 11.5 Å². The molecule has 0 bridgehead atoms. The van der Waals surface area contributed by atoms with Crippen molar-refractivity contribution in [3.05, 3.63) is 76.9 Å². The molecule has 3 rings (SSSR count). The lowest BCUT2D eigenvalue weighted by atomic mass is 10.1. The van der Waals surface area contributed by atoms with Gasteiger partial charge < -0.3 is 15.4 Å². The molecule has 0 radical (unpaired) electrons. The van der Waals surface area contributed by atoms with E-state index in [9.17, 15) is 4.79 Å². The maximum atomic E-state index is 12.2. The Kier molecular flexibility index (Phi) is 6.22. The first-order valence-corrected chi connectivity index (χ1v) is 8.80. The Bertz CT molecular complexity index is 902. The molecule has 0 saturated carbocycles. The quantitative estimate of drug-likeness (QED) is 0.649. The van der Waals surface area contributed by atoms with Gasteiger partial charge in [-0.3, -0.25) is 4.79 Å². The van der Waals surface area contributed by atoms with Crippen LogP contribution in [0.25, 0.3) is 0 Å². The molecule has 7 heteroatoms. The first-order valence-electron chi connectivity index (χ1n) is 8.42. The van der Waals surface area contributed by atoms with Gasteiger partial charge in [0, 0.05) is 12.2 Å². The highest BCUT2D eigenvalue weighted by atomic mass is 35.5. The Labute approximate surface area is 162 Å². The number of methoxy groups -OCH3 is 1. The average molecular weight is 383 g/mol. The van der Waals surface area contributed by atoms with Crippen LogP contribution in [0.5, 0.6) is 5.75 Å². The van der Waals surface area contributed by atoms with Gasteiger partial charge in [0.15, 0.2) is 11.5 Å². The number of aromatic nitrogens is 2. The Morgan fingerprint density at radius 2 is 1.89 bits per heavy atom. The number of nitrogens with one attached hydrogen (secondary N) is 2. The van der Waals surface area contributed by atoms with Gasteiger partial charge >= 0.3 is 0 Å². The van der Waals surface area contributed by atoms with E-state index in [1.165, 1.54) is 5.56 Å². The van der Waals surface area contributed by atoms with Crippen molar-refractivity contribution >= 4 is 29.0 Å². The number of rotatable bonds is 7. The molecule has 6 nitrogen and oxygen atoms in total. The van der Waals surface area contributed by atoms with E-state index < -0.39 is 0 Å². The third-order valence-electron chi connectivity index (χ3n) is 3.86. The Morgan fingerprint density at radius 3 is 2.56 bits per heavy atom. The van der Waals surface area contributed by atoms with E-state index in [4.69, 9.17) is 16.3 Å². The van der Waals surface area contributed by atoms with Gasteiger partial charge in [0.25, 0.3) is 5.91 Å². The van der Waals surface area contributed by atoms with E-state index in [0.717, 1.165) is 12.1 Å².